The molecule has 1 aliphatic heterocycles. The molecule has 0 unspecified atom stereocenters. The lowest BCUT2D eigenvalue weighted by molar-refractivity contribution is -0.135. The Morgan fingerprint density at radius 1 is 1.35 bits per heavy atom. The number of piperazine rings is 1. The van der Waals surface area contributed by atoms with Crippen LogP contribution in [0.15, 0.2) is 18.3 Å². The van der Waals surface area contributed by atoms with E-state index in [0.29, 0.717) is 25.7 Å². The minimum atomic E-state index is -0.335. The van der Waals surface area contributed by atoms with Crippen LogP contribution < -0.4 is 16.0 Å². The van der Waals surface area contributed by atoms with Crippen molar-refractivity contribution < 1.29 is 9.59 Å². The smallest absolute Gasteiger partial charge is 0.237 e. The fraction of sp³-hybridized carbons (Fsp3) is 0.632. The molecule has 142 valence electrons. The number of amides is 2. The summed E-state index contributed by atoms with van der Waals surface area (Å²) in [4.78, 5) is 31.2. The molecule has 7 heteroatoms. The molecular weight excluding hydrogens is 330 g/mol. The number of aryl methyl sites for hydroxylation is 1. The summed E-state index contributed by atoms with van der Waals surface area (Å²) >= 11 is 0. The van der Waals surface area contributed by atoms with Gasteiger partial charge < -0.3 is 16.0 Å². The SMILES string of the molecule is Cc1cccnc1NCCNC(=O)C[C@H]1C(=O)NCCN1C1CCCC1. The standard InChI is InChI=1S/C19H29N5O2/c1-14-5-4-8-21-18(14)22-10-9-20-17(25)13-16-19(26)23-11-12-24(16)15-6-2-3-7-15/h4-5,8,15-16H,2-3,6-7,9-13H2,1H3,(H,20,25)(H,21,22)(H,23,26)/t16-/m0/s1. The van der Waals surface area contributed by atoms with E-state index in [1.807, 2.05) is 19.1 Å². The van der Waals surface area contributed by atoms with Crippen molar-refractivity contribution >= 4 is 17.6 Å². The first kappa shape index (κ1) is 18.6. The van der Waals surface area contributed by atoms with Gasteiger partial charge in [-0.3, -0.25) is 14.5 Å². The lowest BCUT2D eigenvalue weighted by Gasteiger charge is -2.38. The average Bonchev–Trinajstić information content (AvgIpc) is 3.16. The number of aromatic nitrogens is 1. The number of anilines is 1. The Labute approximate surface area is 154 Å². The summed E-state index contributed by atoms with van der Waals surface area (Å²) in [6.45, 7) is 4.63. The molecule has 1 saturated heterocycles. The predicted octanol–water partition coefficient (Wildman–Crippen LogP) is 1.05. The van der Waals surface area contributed by atoms with Crippen molar-refractivity contribution in [3.63, 3.8) is 0 Å². The molecule has 1 aromatic rings. The molecule has 0 radical (unpaired) electrons. The van der Waals surface area contributed by atoms with E-state index in [1.54, 1.807) is 6.20 Å². The fourth-order valence-electron chi connectivity index (χ4n) is 3.92. The van der Waals surface area contributed by atoms with E-state index in [0.717, 1.165) is 30.8 Å². The number of nitrogens with zero attached hydrogens (tertiary/aromatic N) is 2. The van der Waals surface area contributed by atoms with Crippen molar-refractivity contribution in [1.29, 1.82) is 0 Å². The van der Waals surface area contributed by atoms with Gasteiger partial charge in [-0.1, -0.05) is 18.9 Å². The number of hydrogen-bond acceptors (Lipinski definition) is 5. The van der Waals surface area contributed by atoms with Crippen LogP contribution in [-0.4, -0.2) is 60.0 Å². The maximum atomic E-state index is 12.3. The van der Waals surface area contributed by atoms with Crippen LogP contribution in [0.5, 0.6) is 0 Å². The van der Waals surface area contributed by atoms with Crippen molar-refractivity contribution in [2.24, 2.45) is 0 Å². The van der Waals surface area contributed by atoms with Crippen LogP contribution in [-0.2, 0) is 9.59 Å². The van der Waals surface area contributed by atoms with Gasteiger partial charge in [-0.2, -0.15) is 0 Å². The molecule has 3 rings (SSSR count). The molecule has 1 aromatic heterocycles. The fourth-order valence-corrected chi connectivity index (χ4v) is 3.92. The summed E-state index contributed by atoms with van der Waals surface area (Å²) in [5, 5.41) is 9.04. The number of pyridine rings is 1. The third-order valence-electron chi connectivity index (χ3n) is 5.29. The van der Waals surface area contributed by atoms with Crippen molar-refractivity contribution in [3.05, 3.63) is 23.9 Å². The van der Waals surface area contributed by atoms with Crippen LogP contribution >= 0.6 is 0 Å². The molecular formula is C19H29N5O2. The van der Waals surface area contributed by atoms with E-state index >= 15 is 0 Å². The lowest BCUT2D eigenvalue weighted by Crippen LogP contribution is -2.59. The molecule has 2 fully saturated rings. The van der Waals surface area contributed by atoms with Crippen LogP contribution in [0.25, 0.3) is 0 Å². The second-order valence-electron chi connectivity index (χ2n) is 7.13. The zero-order valence-electron chi connectivity index (χ0n) is 15.5. The Morgan fingerprint density at radius 2 is 2.15 bits per heavy atom. The van der Waals surface area contributed by atoms with E-state index < -0.39 is 0 Å². The van der Waals surface area contributed by atoms with Gasteiger partial charge in [0, 0.05) is 38.4 Å². The highest BCUT2D eigenvalue weighted by Gasteiger charge is 2.36. The summed E-state index contributed by atoms with van der Waals surface area (Å²) in [5.41, 5.74) is 1.07. The van der Waals surface area contributed by atoms with Gasteiger partial charge in [-0.25, -0.2) is 4.98 Å². The maximum absolute atomic E-state index is 12.3. The van der Waals surface area contributed by atoms with Gasteiger partial charge in [0.2, 0.25) is 11.8 Å². The zero-order valence-corrected chi connectivity index (χ0v) is 15.5. The molecule has 2 aliphatic rings. The van der Waals surface area contributed by atoms with Gasteiger partial charge >= 0.3 is 0 Å². The van der Waals surface area contributed by atoms with Crippen LogP contribution in [0.4, 0.5) is 5.82 Å². The highest BCUT2D eigenvalue weighted by Crippen LogP contribution is 2.26. The van der Waals surface area contributed by atoms with E-state index in [-0.39, 0.29) is 24.3 Å². The second-order valence-corrected chi connectivity index (χ2v) is 7.13. The van der Waals surface area contributed by atoms with Crippen LogP contribution in [0.2, 0.25) is 0 Å². The molecule has 3 N–H and O–H groups in total. The van der Waals surface area contributed by atoms with Gasteiger partial charge in [0.15, 0.2) is 0 Å². The monoisotopic (exact) mass is 359 g/mol. The predicted molar refractivity (Wildman–Crippen MR) is 101 cm³/mol. The first-order valence-corrected chi connectivity index (χ1v) is 9.61. The number of carbonyl (C=O) groups is 2. The Morgan fingerprint density at radius 3 is 2.92 bits per heavy atom. The van der Waals surface area contributed by atoms with Crippen LogP contribution in [0.1, 0.15) is 37.7 Å². The van der Waals surface area contributed by atoms with Gasteiger partial charge in [0.1, 0.15) is 5.82 Å². The first-order valence-electron chi connectivity index (χ1n) is 9.61. The average molecular weight is 359 g/mol. The summed E-state index contributed by atoms with van der Waals surface area (Å²) in [6.07, 6.45) is 6.69. The van der Waals surface area contributed by atoms with E-state index in [9.17, 15) is 9.59 Å². The molecule has 1 atom stereocenters. The van der Waals surface area contributed by atoms with Gasteiger partial charge in [-0.15, -0.1) is 0 Å². The highest BCUT2D eigenvalue weighted by molar-refractivity contribution is 5.88. The lowest BCUT2D eigenvalue weighted by atomic mass is 10.0. The molecule has 2 amide bonds. The summed E-state index contributed by atoms with van der Waals surface area (Å²) in [7, 11) is 0. The molecule has 0 bridgehead atoms. The van der Waals surface area contributed by atoms with Gasteiger partial charge in [-0.05, 0) is 31.4 Å². The molecule has 0 spiro atoms. The van der Waals surface area contributed by atoms with E-state index in [1.165, 1.54) is 12.8 Å². The van der Waals surface area contributed by atoms with E-state index in [2.05, 4.69) is 25.8 Å². The molecule has 1 saturated carbocycles. The second kappa shape index (κ2) is 8.98. The third-order valence-corrected chi connectivity index (χ3v) is 5.29. The Hall–Kier alpha value is -2.15. The Balaban J connectivity index is 1.45. The van der Waals surface area contributed by atoms with Crippen molar-refractivity contribution in [3.8, 4) is 0 Å². The number of carbonyl (C=O) groups excluding carboxylic acids is 2. The molecule has 2 heterocycles. The minimum absolute atomic E-state index is 0.0134. The molecule has 7 nitrogen and oxygen atoms in total. The highest BCUT2D eigenvalue weighted by atomic mass is 16.2. The molecule has 0 aromatic carbocycles. The summed E-state index contributed by atoms with van der Waals surface area (Å²) < 4.78 is 0. The minimum Gasteiger partial charge on any atom is -0.368 e. The largest absolute Gasteiger partial charge is 0.368 e. The summed E-state index contributed by atoms with van der Waals surface area (Å²) in [6, 6.07) is 4.01. The normalized spacial score (nSPS) is 21.4. The van der Waals surface area contributed by atoms with Crippen molar-refractivity contribution in [2.45, 2.75) is 51.1 Å². The van der Waals surface area contributed by atoms with Gasteiger partial charge in [0.05, 0.1) is 12.5 Å². The molecule has 1 aliphatic carbocycles. The van der Waals surface area contributed by atoms with Crippen LogP contribution in [0.3, 0.4) is 0 Å². The quantitative estimate of drug-likeness (QED) is 0.634. The number of hydrogen-bond donors (Lipinski definition) is 3. The molecule has 26 heavy (non-hydrogen) atoms. The number of rotatable bonds is 7. The van der Waals surface area contributed by atoms with Crippen LogP contribution in [0, 0.1) is 6.92 Å². The van der Waals surface area contributed by atoms with Gasteiger partial charge in [0.25, 0.3) is 0 Å². The number of nitrogens with one attached hydrogen (secondary N) is 3. The Kier molecular flexibility index (Phi) is 6.44. The van der Waals surface area contributed by atoms with Crippen molar-refractivity contribution in [1.82, 2.24) is 20.5 Å². The van der Waals surface area contributed by atoms with E-state index in [4.69, 9.17) is 0 Å². The van der Waals surface area contributed by atoms with Crippen molar-refractivity contribution in [2.75, 3.05) is 31.5 Å². The third kappa shape index (κ3) is 4.72. The zero-order chi connectivity index (χ0) is 18.4. The summed E-state index contributed by atoms with van der Waals surface area (Å²) in [5.74, 6) is 0.746. The first-order chi connectivity index (χ1) is 12.6. The topological polar surface area (TPSA) is 86.4 Å². The maximum Gasteiger partial charge on any atom is 0.237 e. The Bertz CT molecular complexity index is 630.